The molecule has 4 heteroatoms. The fourth-order valence-corrected chi connectivity index (χ4v) is 1.09. The van der Waals surface area contributed by atoms with E-state index in [4.69, 9.17) is 16.9 Å². The smallest absolute Gasteiger partial charge is 0.102 e. The van der Waals surface area contributed by atoms with Gasteiger partial charge in [0.2, 0.25) is 0 Å². The summed E-state index contributed by atoms with van der Waals surface area (Å²) in [5.41, 5.74) is 0.425. The highest BCUT2D eigenvalue weighted by Gasteiger charge is 2.01. The van der Waals surface area contributed by atoms with E-state index >= 15 is 0 Å². The van der Waals surface area contributed by atoms with Crippen molar-refractivity contribution in [3.8, 4) is 6.07 Å². The standard InChI is InChI=1S/C6H2ClIN2/c7-6-4(1-9)2-10-3-5(6)8/h2-3H. The summed E-state index contributed by atoms with van der Waals surface area (Å²) in [4.78, 5) is 3.80. The molecule has 0 bridgehead atoms. The lowest BCUT2D eigenvalue weighted by Crippen LogP contribution is -1.83. The summed E-state index contributed by atoms with van der Waals surface area (Å²) in [6, 6.07) is 1.94. The van der Waals surface area contributed by atoms with E-state index in [0.29, 0.717) is 10.6 Å². The molecule has 0 atom stereocenters. The van der Waals surface area contributed by atoms with Gasteiger partial charge < -0.3 is 0 Å². The summed E-state index contributed by atoms with van der Waals surface area (Å²) < 4.78 is 0.804. The van der Waals surface area contributed by atoms with Crippen LogP contribution >= 0.6 is 34.2 Å². The normalized spacial score (nSPS) is 8.90. The highest BCUT2D eigenvalue weighted by Crippen LogP contribution is 2.19. The number of aromatic nitrogens is 1. The van der Waals surface area contributed by atoms with E-state index in [-0.39, 0.29) is 0 Å². The van der Waals surface area contributed by atoms with Gasteiger partial charge in [0.05, 0.1) is 14.2 Å². The van der Waals surface area contributed by atoms with Crippen LogP contribution in [0.1, 0.15) is 5.56 Å². The van der Waals surface area contributed by atoms with Crippen LogP contribution in [0, 0.1) is 14.9 Å². The van der Waals surface area contributed by atoms with Gasteiger partial charge in [0.1, 0.15) is 6.07 Å². The minimum atomic E-state index is 0.425. The Balaban J connectivity index is 3.31. The summed E-state index contributed by atoms with van der Waals surface area (Å²) in [5, 5.41) is 8.95. The van der Waals surface area contributed by atoms with Crippen molar-refractivity contribution in [2.24, 2.45) is 0 Å². The van der Waals surface area contributed by atoms with Crippen LogP contribution in [0.25, 0.3) is 0 Å². The molecular formula is C6H2ClIN2. The van der Waals surface area contributed by atoms with E-state index < -0.39 is 0 Å². The van der Waals surface area contributed by atoms with Crippen molar-refractivity contribution in [2.45, 2.75) is 0 Å². The number of nitriles is 1. The molecule has 0 aliphatic heterocycles. The molecule has 1 rings (SSSR count). The Morgan fingerprint density at radius 2 is 2.30 bits per heavy atom. The molecule has 0 unspecified atom stereocenters. The van der Waals surface area contributed by atoms with Crippen molar-refractivity contribution in [3.63, 3.8) is 0 Å². The zero-order chi connectivity index (χ0) is 7.56. The van der Waals surface area contributed by atoms with Gasteiger partial charge in [-0.2, -0.15) is 5.26 Å². The van der Waals surface area contributed by atoms with Crippen LogP contribution in [-0.4, -0.2) is 4.98 Å². The minimum Gasteiger partial charge on any atom is -0.262 e. The Morgan fingerprint density at radius 3 is 2.80 bits per heavy atom. The van der Waals surface area contributed by atoms with E-state index in [1.807, 2.05) is 28.7 Å². The van der Waals surface area contributed by atoms with Crippen molar-refractivity contribution in [3.05, 3.63) is 26.5 Å². The van der Waals surface area contributed by atoms with Crippen LogP contribution in [0.2, 0.25) is 5.02 Å². The lowest BCUT2D eigenvalue weighted by Gasteiger charge is -1.93. The third-order valence-corrected chi connectivity index (χ3v) is 2.50. The molecule has 0 amide bonds. The average Bonchev–Trinajstić information content (AvgIpc) is 1.95. The summed E-state index contributed by atoms with van der Waals surface area (Å²) in [5.74, 6) is 0. The lowest BCUT2D eigenvalue weighted by atomic mass is 10.3. The Kier molecular flexibility index (Phi) is 2.46. The van der Waals surface area contributed by atoms with Crippen LogP contribution in [0.5, 0.6) is 0 Å². The van der Waals surface area contributed by atoms with Gasteiger partial charge in [0.15, 0.2) is 0 Å². The topological polar surface area (TPSA) is 36.7 Å². The molecular weight excluding hydrogens is 262 g/mol. The summed E-state index contributed by atoms with van der Waals surface area (Å²) in [6.45, 7) is 0. The number of halogens is 2. The van der Waals surface area contributed by atoms with E-state index in [2.05, 4.69) is 4.98 Å². The molecule has 1 heterocycles. The Bertz CT molecular complexity index is 292. The molecule has 1 aromatic rings. The van der Waals surface area contributed by atoms with Crippen molar-refractivity contribution in [1.29, 1.82) is 5.26 Å². The van der Waals surface area contributed by atoms with E-state index in [1.165, 1.54) is 6.20 Å². The average molecular weight is 264 g/mol. The Morgan fingerprint density at radius 1 is 1.60 bits per heavy atom. The van der Waals surface area contributed by atoms with Crippen LogP contribution in [-0.2, 0) is 0 Å². The van der Waals surface area contributed by atoms with Crippen LogP contribution in [0.4, 0.5) is 0 Å². The molecule has 0 radical (unpaired) electrons. The maximum Gasteiger partial charge on any atom is 0.102 e. The van der Waals surface area contributed by atoms with Gasteiger partial charge in [-0.3, -0.25) is 4.98 Å². The van der Waals surface area contributed by atoms with E-state index in [1.54, 1.807) is 6.20 Å². The highest BCUT2D eigenvalue weighted by molar-refractivity contribution is 14.1. The van der Waals surface area contributed by atoms with Gasteiger partial charge in [-0.25, -0.2) is 0 Å². The Hall–Kier alpha value is -0.340. The maximum absolute atomic E-state index is 8.47. The maximum atomic E-state index is 8.47. The predicted octanol–water partition coefficient (Wildman–Crippen LogP) is 2.21. The first-order chi connectivity index (χ1) is 4.75. The van der Waals surface area contributed by atoms with Crippen molar-refractivity contribution in [1.82, 2.24) is 4.98 Å². The fourth-order valence-electron chi connectivity index (χ4n) is 0.497. The fraction of sp³-hybridized carbons (Fsp3) is 0. The SMILES string of the molecule is N#Cc1cncc(I)c1Cl. The summed E-state index contributed by atoms with van der Waals surface area (Å²) in [6.07, 6.45) is 3.06. The molecule has 0 aliphatic carbocycles. The van der Waals surface area contributed by atoms with Gasteiger partial charge in [0, 0.05) is 12.4 Å². The van der Waals surface area contributed by atoms with Crippen LogP contribution < -0.4 is 0 Å². The van der Waals surface area contributed by atoms with Crippen molar-refractivity contribution in [2.75, 3.05) is 0 Å². The summed E-state index contributed by atoms with van der Waals surface area (Å²) >= 11 is 7.75. The number of nitrogens with zero attached hydrogens (tertiary/aromatic N) is 2. The molecule has 0 saturated carbocycles. The molecule has 0 spiro atoms. The largest absolute Gasteiger partial charge is 0.262 e. The molecule has 50 valence electrons. The molecule has 1 aromatic heterocycles. The monoisotopic (exact) mass is 264 g/mol. The zero-order valence-corrected chi connectivity index (χ0v) is 7.72. The second-order valence-corrected chi connectivity index (χ2v) is 3.13. The third-order valence-electron chi connectivity index (χ3n) is 0.958. The van der Waals surface area contributed by atoms with E-state index in [9.17, 15) is 0 Å². The van der Waals surface area contributed by atoms with Gasteiger partial charge in [0.25, 0.3) is 0 Å². The number of rotatable bonds is 0. The Labute approximate surface area is 77.0 Å². The predicted molar refractivity (Wildman–Crippen MR) is 46.7 cm³/mol. The lowest BCUT2D eigenvalue weighted by molar-refractivity contribution is 1.28. The second-order valence-electron chi connectivity index (χ2n) is 1.59. The van der Waals surface area contributed by atoms with Gasteiger partial charge in [-0.1, -0.05) is 11.6 Å². The first-order valence-corrected chi connectivity index (χ1v) is 3.90. The van der Waals surface area contributed by atoms with Crippen LogP contribution in [0.15, 0.2) is 12.4 Å². The van der Waals surface area contributed by atoms with Gasteiger partial charge in [-0.15, -0.1) is 0 Å². The van der Waals surface area contributed by atoms with E-state index in [0.717, 1.165) is 3.57 Å². The van der Waals surface area contributed by atoms with Gasteiger partial charge >= 0.3 is 0 Å². The molecule has 0 saturated heterocycles. The first-order valence-electron chi connectivity index (χ1n) is 2.45. The third kappa shape index (κ3) is 1.39. The molecule has 0 aromatic carbocycles. The quantitative estimate of drug-likeness (QED) is 0.674. The first kappa shape index (κ1) is 7.76. The molecule has 2 nitrogen and oxygen atoms in total. The number of hydrogen-bond acceptors (Lipinski definition) is 2. The summed E-state index contributed by atoms with van der Waals surface area (Å²) in [7, 11) is 0. The zero-order valence-electron chi connectivity index (χ0n) is 4.81. The number of pyridine rings is 1. The van der Waals surface area contributed by atoms with Crippen molar-refractivity contribution >= 4 is 34.2 Å². The molecule has 0 aliphatic rings. The van der Waals surface area contributed by atoms with Crippen LogP contribution in [0.3, 0.4) is 0 Å². The second kappa shape index (κ2) is 3.17. The minimum absolute atomic E-state index is 0.425. The number of hydrogen-bond donors (Lipinski definition) is 0. The molecule has 10 heavy (non-hydrogen) atoms. The van der Waals surface area contributed by atoms with Crippen molar-refractivity contribution < 1.29 is 0 Å². The molecule has 0 N–H and O–H groups in total. The van der Waals surface area contributed by atoms with Gasteiger partial charge in [-0.05, 0) is 22.6 Å². The molecule has 0 fully saturated rings. The highest BCUT2D eigenvalue weighted by atomic mass is 127.